The molecule has 2 nitrogen and oxygen atoms in total. The summed E-state index contributed by atoms with van der Waals surface area (Å²) < 4.78 is 5.85. The average molecular weight is 253 g/mol. The largest absolute Gasteiger partial charge is 0.489 e. The van der Waals surface area contributed by atoms with E-state index >= 15 is 0 Å². The first-order valence-corrected chi connectivity index (χ1v) is 6.22. The Bertz CT molecular complexity index is 446. The summed E-state index contributed by atoms with van der Waals surface area (Å²) in [7, 11) is 0. The molecule has 17 heavy (non-hydrogen) atoms. The van der Waals surface area contributed by atoms with Crippen LogP contribution < -0.4 is 4.74 Å². The summed E-state index contributed by atoms with van der Waals surface area (Å²) in [5.41, 5.74) is 0.775. The molecule has 1 aliphatic heterocycles. The second-order valence-electron chi connectivity index (χ2n) is 5.77. The molecule has 0 spiro atoms. The Kier molecular flexibility index (Phi) is 3.17. The van der Waals surface area contributed by atoms with Crippen LogP contribution >= 0.6 is 11.6 Å². The van der Waals surface area contributed by atoms with Crippen LogP contribution in [0.25, 0.3) is 0 Å². The van der Waals surface area contributed by atoms with Crippen LogP contribution in [0, 0.1) is 5.41 Å². The standard InChI is InChI=1S/C14H17ClO2/c1-14(2,3)8-10-7-12(16)11-6-9(15)4-5-13(11)17-10/h4-6,10H,7-8H2,1-3H3. The Morgan fingerprint density at radius 3 is 2.76 bits per heavy atom. The Balaban J connectivity index is 2.22. The van der Waals surface area contributed by atoms with Crippen molar-refractivity contribution in [2.45, 2.75) is 39.7 Å². The van der Waals surface area contributed by atoms with E-state index in [0.717, 1.165) is 6.42 Å². The molecule has 2 rings (SSSR count). The van der Waals surface area contributed by atoms with Crippen LogP contribution in [0.3, 0.4) is 0 Å². The third-order valence-corrected chi connectivity index (χ3v) is 3.02. The minimum atomic E-state index is -0.0174. The molecule has 1 heterocycles. The van der Waals surface area contributed by atoms with Gasteiger partial charge >= 0.3 is 0 Å². The third kappa shape index (κ3) is 3.01. The molecule has 0 N–H and O–H groups in total. The van der Waals surface area contributed by atoms with Crippen molar-refractivity contribution in [3.63, 3.8) is 0 Å². The van der Waals surface area contributed by atoms with Crippen LogP contribution in [0.5, 0.6) is 5.75 Å². The first-order chi connectivity index (χ1) is 7.85. The Labute approximate surface area is 107 Å². The van der Waals surface area contributed by atoms with Gasteiger partial charge in [-0.3, -0.25) is 4.79 Å². The van der Waals surface area contributed by atoms with E-state index in [1.54, 1.807) is 18.2 Å². The van der Waals surface area contributed by atoms with Crippen molar-refractivity contribution in [2.75, 3.05) is 0 Å². The first kappa shape index (κ1) is 12.4. The van der Waals surface area contributed by atoms with Gasteiger partial charge in [0.25, 0.3) is 0 Å². The summed E-state index contributed by atoms with van der Waals surface area (Å²) in [6, 6.07) is 5.23. The molecule has 0 fully saturated rings. The number of hydrogen-bond donors (Lipinski definition) is 0. The zero-order valence-electron chi connectivity index (χ0n) is 10.4. The average Bonchev–Trinajstić information content (AvgIpc) is 2.17. The van der Waals surface area contributed by atoms with Gasteiger partial charge in [0.2, 0.25) is 0 Å². The summed E-state index contributed by atoms with van der Waals surface area (Å²) in [6.45, 7) is 6.45. The zero-order valence-corrected chi connectivity index (χ0v) is 11.2. The minimum Gasteiger partial charge on any atom is -0.489 e. The molecular weight excluding hydrogens is 236 g/mol. The predicted octanol–water partition coefficient (Wildman–Crippen LogP) is 4.11. The fourth-order valence-electron chi connectivity index (χ4n) is 2.16. The molecule has 0 saturated carbocycles. The summed E-state index contributed by atoms with van der Waals surface area (Å²) >= 11 is 5.88. The molecule has 1 aliphatic rings. The highest BCUT2D eigenvalue weighted by Crippen LogP contribution is 2.34. The van der Waals surface area contributed by atoms with Gasteiger partial charge in [0.05, 0.1) is 5.56 Å². The van der Waals surface area contributed by atoms with Gasteiger partial charge in [0.1, 0.15) is 11.9 Å². The van der Waals surface area contributed by atoms with Crippen LogP contribution in [0.15, 0.2) is 18.2 Å². The lowest BCUT2D eigenvalue weighted by Gasteiger charge is -2.30. The van der Waals surface area contributed by atoms with E-state index in [9.17, 15) is 4.79 Å². The zero-order chi connectivity index (χ0) is 12.6. The Hall–Kier alpha value is -1.02. The first-order valence-electron chi connectivity index (χ1n) is 5.84. The highest BCUT2D eigenvalue weighted by Gasteiger charge is 2.29. The van der Waals surface area contributed by atoms with Gasteiger partial charge in [0, 0.05) is 11.4 Å². The molecule has 1 aromatic carbocycles. The fourth-order valence-corrected chi connectivity index (χ4v) is 2.33. The van der Waals surface area contributed by atoms with Crippen molar-refractivity contribution in [2.24, 2.45) is 5.41 Å². The molecule has 0 saturated heterocycles. The van der Waals surface area contributed by atoms with Crippen LogP contribution in [-0.4, -0.2) is 11.9 Å². The lowest BCUT2D eigenvalue weighted by atomic mass is 9.86. The maximum Gasteiger partial charge on any atom is 0.170 e. The van der Waals surface area contributed by atoms with Crippen molar-refractivity contribution in [1.29, 1.82) is 0 Å². The predicted molar refractivity (Wildman–Crippen MR) is 68.9 cm³/mol. The van der Waals surface area contributed by atoms with Gasteiger partial charge in [-0.25, -0.2) is 0 Å². The van der Waals surface area contributed by atoms with E-state index in [4.69, 9.17) is 16.3 Å². The number of carbonyl (C=O) groups excluding carboxylic acids is 1. The molecule has 1 atom stereocenters. The van der Waals surface area contributed by atoms with E-state index in [1.807, 2.05) is 0 Å². The lowest BCUT2D eigenvalue weighted by molar-refractivity contribution is 0.0776. The van der Waals surface area contributed by atoms with Crippen LogP contribution in [-0.2, 0) is 0 Å². The maximum absolute atomic E-state index is 12.0. The Morgan fingerprint density at radius 2 is 2.12 bits per heavy atom. The van der Waals surface area contributed by atoms with Crippen LogP contribution in [0.4, 0.5) is 0 Å². The lowest BCUT2D eigenvalue weighted by Crippen LogP contribution is -2.30. The second kappa shape index (κ2) is 4.34. The fraction of sp³-hybridized carbons (Fsp3) is 0.500. The highest BCUT2D eigenvalue weighted by atomic mass is 35.5. The van der Waals surface area contributed by atoms with Crippen LogP contribution in [0.2, 0.25) is 5.02 Å². The van der Waals surface area contributed by atoms with Gasteiger partial charge in [-0.05, 0) is 30.0 Å². The molecule has 0 amide bonds. The quantitative estimate of drug-likeness (QED) is 0.752. The molecule has 0 aromatic heterocycles. The van der Waals surface area contributed by atoms with E-state index in [0.29, 0.717) is 22.8 Å². The SMILES string of the molecule is CC(C)(C)CC1CC(=O)c2cc(Cl)ccc2O1. The summed E-state index contributed by atoms with van der Waals surface area (Å²) in [6.07, 6.45) is 1.31. The molecule has 0 bridgehead atoms. The van der Waals surface area contributed by atoms with E-state index in [-0.39, 0.29) is 17.3 Å². The van der Waals surface area contributed by atoms with E-state index < -0.39 is 0 Å². The van der Waals surface area contributed by atoms with Gasteiger partial charge in [-0.2, -0.15) is 0 Å². The number of benzene rings is 1. The van der Waals surface area contributed by atoms with Crippen molar-refractivity contribution in [3.8, 4) is 5.75 Å². The molecule has 0 aliphatic carbocycles. The summed E-state index contributed by atoms with van der Waals surface area (Å²) in [5, 5.41) is 0.579. The maximum atomic E-state index is 12.0. The number of halogens is 1. The highest BCUT2D eigenvalue weighted by molar-refractivity contribution is 6.31. The van der Waals surface area contributed by atoms with Gasteiger partial charge in [0.15, 0.2) is 5.78 Å². The number of Topliss-reactive ketones (excluding diaryl/α,β-unsaturated/α-hetero) is 1. The van der Waals surface area contributed by atoms with E-state index in [2.05, 4.69) is 20.8 Å². The van der Waals surface area contributed by atoms with Gasteiger partial charge in [-0.1, -0.05) is 32.4 Å². The number of rotatable bonds is 1. The summed E-state index contributed by atoms with van der Waals surface area (Å²) in [5.74, 6) is 0.794. The Morgan fingerprint density at radius 1 is 1.41 bits per heavy atom. The van der Waals surface area contributed by atoms with Crippen molar-refractivity contribution in [1.82, 2.24) is 0 Å². The third-order valence-electron chi connectivity index (χ3n) is 2.79. The van der Waals surface area contributed by atoms with Gasteiger partial charge < -0.3 is 4.74 Å². The van der Waals surface area contributed by atoms with Crippen LogP contribution in [0.1, 0.15) is 44.0 Å². The van der Waals surface area contributed by atoms with Crippen molar-refractivity contribution >= 4 is 17.4 Å². The molecule has 1 aromatic rings. The van der Waals surface area contributed by atoms with E-state index in [1.165, 1.54) is 0 Å². The molecule has 0 radical (unpaired) electrons. The van der Waals surface area contributed by atoms with Crippen molar-refractivity contribution in [3.05, 3.63) is 28.8 Å². The molecule has 3 heteroatoms. The smallest absolute Gasteiger partial charge is 0.170 e. The molecular formula is C14H17ClO2. The molecule has 1 unspecified atom stereocenters. The number of ether oxygens (including phenoxy) is 1. The number of carbonyl (C=O) groups is 1. The summed E-state index contributed by atoms with van der Waals surface area (Å²) in [4.78, 5) is 12.0. The normalized spacial score (nSPS) is 19.8. The number of fused-ring (bicyclic) bond motifs is 1. The second-order valence-corrected chi connectivity index (χ2v) is 6.21. The number of ketones is 1. The molecule has 92 valence electrons. The monoisotopic (exact) mass is 252 g/mol. The topological polar surface area (TPSA) is 26.3 Å². The minimum absolute atomic E-state index is 0.0174. The van der Waals surface area contributed by atoms with Crippen molar-refractivity contribution < 1.29 is 9.53 Å². The van der Waals surface area contributed by atoms with Gasteiger partial charge in [-0.15, -0.1) is 0 Å². The number of hydrogen-bond acceptors (Lipinski definition) is 2.